The van der Waals surface area contributed by atoms with Gasteiger partial charge in [-0.1, -0.05) is 30.3 Å². The number of hydrogen-bond donors (Lipinski definition) is 0. The van der Waals surface area contributed by atoms with Crippen molar-refractivity contribution in [3.63, 3.8) is 0 Å². The summed E-state index contributed by atoms with van der Waals surface area (Å²) < 4.78 is 5.71. The molecule has 0 bridgehead atoms. The van der Waals surface area contributed by atoms with Crippen molar-refractivity contribution in [3.8, 4) is 0 Å². The van der Waals surface area contributed by atoms with Crippen LogP contribution in [0.3, 0.4) is 0 Å². The summed E-state index contributed by atoms with van der Waals surface area (Å²) in [5.74, 6) is 0.219. The number of ether oxygens (including phenoxy) is 1. The van der Waals surface area contributed by atoms with Crippen molar-refractivity contribution < 1.29 is 9.53 Å². The van der Waals surface area contributed by atoms with Gasteiger partial charge < -0.3 is 9.64 Å². The lowest BCUT2D eigenvalue weighted by Gasteiger charge is -2.27. The second kappa shape index (κ2) is 7.41. The Balaban J connectivity index is 1.71. The molecule has 0 N–H and O–H groups in total. The molecule has 3 nitrogen and oxygen atoms in total. The van der Waals surface area contributed by atoms with Crippen molar-refractivity contribution in [2.24, 2.45) is 0 Å². The van der Waals surface area contributed by atoms with Gasteiger partial charge >= 0.3 is 0 Å². The molecule has 0 spiro atoms. The number of hydrogen-bond acceptors (Lipinski definition) is 3. The van der Waals surface area contributed by atoms with Crippen molar-refractivity contribution in [1.29, 1.82) is 0 Å². The Morgan fingerprint density at radius 2 is 2.11 bits per heavy atom. The molecule has 1 atom stereocenters. The molecule has 1 unspecified atom stereocenters. The molecule has 0 radical (unpaired) electrons. The largest absolute Gasteiger partial charge is 0.377 e. The van der Waals surface area contributed by atoms with Gasteiger partial charge in [-0.3, -0.25) is 4.79 Å². The van der Waals surface area contributed by atoms with Crippen LogP contribution in [0, 0.1) is 0 Å². The minimum absolute atomic E-state index is 0.219. The molecule has 0 aromatic heterocycles. The van der Waals surface area contributed by atoms with E-state index >= 15 is 0 Å². The summed E-state index contributed by atoms with van der Waals surface area (Å²) in [6, 6.07) is 9.52. The first-order valence-electron chi connectivity index (χ1n) is 7.14. The third-order valence-electron chi connectivity index (χ3n) is 3.61. The van der Waals surface area contributed by atoms with E-state index in [0.717, 1.165) is 31.7 Å². The highest BCUT2D eigenvalue weighted by molar-refractivity contribution is 5.96. The quantitative estimate of drug-likeness (QED) is 0.737. The van der Waals surface area contributed by atoms with E-state index in [1.54, 1.807) is 0 Å². The van der Waals surface area contributed by atoms with Crippen LogP contribution in [0.15, 0.2) is 30.3 Å². The van der Waals surface area contributed by atoms with Gasteiger partial charge in [0.1, 0.15) is 0 Å². The first-order valence-corrected chi connectivity index (χ1v) is 7.14. The number of Topliss-reactive ketones (excluding diaryl/α,β-unsaturated/α-hetero) is 1. The van der Waals surface area contributed by atoms with Crippen LogP contribution in [0.2, 0.25) is 0 Å². The Bertz CT molecular complexity index is 385. The number of nitrogens with zero attached hydrogens (tertiary/aromatic N) is 1. The average Bonchev–Trinajstić information content (AvgIpc) is 2.47. The van der Waals surface area contributed by atoms with Gasteiger partial charge in [0.15, 0.2) is 5.78 Å². The van der Waals surface area contributed by atoms with Crippen LogP contribution in [-0.2, 0) is 4.74 Å². The van der Waals surface area contributed by atoms with E-state index in [2.05, 4.69) is 11.9 Å². The smallest absolute Gasteiger partial charge is 0.164 e. The second-order valence-electron chi connectivity index (χ2n) is 5.29. The Labute approximate surface area is 115 Å². The van der Waals surface area contributed by atoms with E-state index in [4.69, 9.17) is 4.74 Å². The van der Waals surface area contributed by atoms with Crippen LogP contribution < -0.4 is 0 Å². The van der Waals surface area contributed by atoms with Gasteiger partial charge in [-0.15, -0.1) is 0 Å². The average molecular weight is 261 g/mol. The number of ketones is 1. The molecule has 0 aliphatic carbocycles. The third-order valence-corrected chi connectivity index (χ3v) is 3.61. The predicted molar refractivity (Wildman–Crippen MR) is 76.5 cm³/mol. The zero-order chi connectivity index (χ0) is 13.5. The topological polar surface area (TPSA) is 29.5 Å². The van der Waals surface area contributed by atoms with Crippen LogP contribution in [0.1, 0.15) is 36.0 Å². The van der Waals surface area contributed by atoms with Crippen LogP contribution in [0.4, 0.5) is 0 Å². The molecule has 19 heavy (non-hydrogen) atoms. The number of rotatable bonds is 6. The van der Waals surface area contributed by atoms with Gasteiger partial charge in [0.05, 0.1) is 6.10 Å². The molecular weight excluding hydrogens is 238 g/mol. The van der Waals surface area contributed by atoms with E-state index < -0.39 is 0 Å². The molecular formula is C16H23NO2. The fourth-order valence-electron chi connectivity index (χ4n) is 2.45. The summed E-state index contributed by atoms with van der Waals surface area (Å²) in [7, 11) is 2.07. The second-order valence-corrected chi connectivity index (χ2v) is 5.29. The Morgan fingerprint density at radius 1 is 1.32 bits per heavy atom. The molecule has 1 aliphatic heterocycles. The number of benzene rings is 1. The van der Waals surface area contributed by atoms with Crippen molar-refractivity contribution in [1.82, 2.24) is 4.90 Å². The summed E-state index contributed by atoms with van der Waals surface area (Å²) in [6.07, 6.45) is 4.53. The van der Waals surface area contributed by atoms with Crippen molar-refractivity contribution in [2.45, 2.75) is 31.8 Å². The van der Waals surface area contributed by atoms with Crippen LogP contribution in [-0.4, -0.2) is 43.5 Å². The molecule has 1 fully saturated rings. The third kappa shape index (κ3) is 4.77. The van der Waals surface area contributed by atoms with Gasteiger partial charge in [0.25, 0.3) is 0 Å². The van der Waals surface area contributed by atoms with Crippen LogP contribution >= 0.6 is 0 Å². The van der Waals surface area contributed by atoms with Crippen molar-refractivity contribution in [3.05, 3.63) is 35.9 Å². The van der Waals surface area contributed by atoms with Gasteiger partial charge in [0.2, 0.25) is 0 Å². The molecule has 3 heteroatoms. The number of carbonyl (C=O) groups excluding carboxylic acids is 1. The summed E-state index contributed by atoms with van der Waals surface area (Å²) in [5.41, 5.74) is 0.810. The first-order chi connectivity index (χ1) is 9.25. The molecule has 0 saturated carbocycles. The maximum Gasteiger partial charge on any atom is 0.164 e. The molecule has 1 aromatic carbocycles. The van der Waals surface area contributed by atoms with Crippen LogP contribution in [0.25, 0.3) is 0 Å². The highest BCUT2D eigenvalue weighted by Gasteiger charge is 2.16. The van der Waals surface area contributed by atoms with Crippen LogP contribution in [0.5, 0.6) is 0 Å². The normalized spacial score (nSPS) is 19.6. The minimum Gasteiger partial charge on any atom is -0.377 e. The predicted octanol–water partition coefficient (Wildman–Crippen LogP) is 2.76. The van der Waals surface area contributed by atoms with E-state index in [1.165, 1.54) is 12.8 Å². The molecule has 1 aliphatic rings. The highest BCUT2D eigenvalue weighted by Crippen LogP contribution is 2.13. The maximum atomic E-state index is 12.0. The Hall–Kier alpha value is -1.19. The molecule has 1 heterocycles. The van der Waals surface area contributed by atoms with E-state index in [1.807, 2.05) is 30.3 Å². The molecule has 2 rings (SSSR count). The SMILES string of the molecule is CN(CCC(=O)c1ccccc1)CC1CCCCO1. The van der Waals surface area contributed by atoms with E-state index in [9.17, 15) is 4.79 Å². The van der Waals surface area contributed by atoms with Gasteiger partial charge in [0, 0.05) is 31.7 Å². The maximum absolute atomic E-state index is 12.0. The van der Waals surface area contributed by atoms with Crippen molar-refractivity contribution >= 4 is 5.78 Å². The lowest BCUT2D eigenvalue weighted by Crippen LogP contribution is -2.34. The van der Waals surface area contributed by atoms with Gasteiger partial charge in [-0.25, -0.2) is 0 Å². The highest BCUT2D eigenvalue weighted by atomic mass is 16.5. The number of likely N-dealkylation sites (N-methyl/N-ethyl adjacent to an activating group) is 1. The van der Waals surface area contributed by atoms with Crippen molar-refractivity contribution in [2.75, 3.05) is 26.7 Å². The first kappa shape index (κ1) is 14.2. The number of carbonyl (C=O) groups is 1. The summed E-state index contributed by atoms with van der Waals surface area (Å²) >= 11 is 0. The lowest BCUT2D eigenvalue weighted by atomic mass is 10.1. The Kier molecular flexibility index (Phi) is 5.55. The minimum atomic E-state index is 0.219. The standard InChI is InChI=1S/C16H23NO2/c1-17(13-15-9-5-6-12-19-15)11-10-16(18)14-7-3-2-4-8-14/h2-4,7-8,15H,5-6,9-13H2,1H3. The Morgan fingerprint density at radius 3 is 2.79 bits per heavy atom. The fourth-order valence-corrected chi connectivity index (χ4v) is 2.45. The fraction of sp³-hybridized carbons (Fsp3) is 0.562. The van der Waals surface area contributed by atoms with E-state index in [0.29, 0.717) is 12.5 Å². The molecule has 0 amide bonds. The zero-order valence-corrected chi connectivity index (χ0v) is 11.7. The summed E-state index contributed by atoms with van der Waals surface area (Å²) in [6.45, 7) is 2.62. The lowest BCUT2D eigenvalue weighted by molar-refractivity contribution is -0.00144. The molecule has 1 saturated heterocycles. The summed E-state index contributed by atoms with van der Waals surface area (Å²) in [5, 5.41) is 0. The molecule has 104 valence electrons. The molecule has 1 aromatic rings. The van der Waals surface area contributed by atoms with Gasteiger partial charge in [-0.05, 0) is 26.3 Å². The zero-order valence-electron chi connectivity index (χ0n) is 11.7. The monoisotopic (exact) mass is 261 g/mol. The van der Waals surface area contributed by atoms with E-state index in [-0.39, 0.29) is 5.78 Å². The van der Waals surface area contributed by atoms with Gasteiger partial charge in [-0.2, -0.15) is 0 Å². The summed E-state index contributed by atoms with van der Waals surface area (Å²) in [4.78, 5) is 14.2.